The van der Waals surface area contributed by atoms with Crippen LogP contribution in [0.2, 0.25) is 5.02 Å². The lowest BCUT2D eigenvalue weighted by atomic mass is 10.0. The highest BCUT2D eigenvalue weighted by Gasteiger charge is 2.31. The predicted molar refractivity (Wildman–Crippen MR) is 83.8 cm³/mol. The predicted octanol–water partition coefficient (Wildman–Crippen LogP) is 3.40. The van der Waals surface area contributed by atoms with E-state index >= 15 is 0 Å². The van der Waals surface area contributed by atoms with Gasteiger partial charge in [-0.15, -0.1) is 0 Å². The fourth-order valence-corrected chi connectivity index (χ4v) is 3.98. The van der Waals surface area contributed by atoms with Crippen molar-refractivity contribution >= 4 is 44.3 Å². The molecule has 3 rings (SSSR count). The third-order valence-electron chi connectivity index (χ3n) is 3.70. The topological polar surface area (TPSA) is 62.7 Å². The fourth-order valence-electron chi connectivity index (χ4n) is 2.65. The average Bonchev–Trinajstić information content (AvgIpc) is 2.93. The molecule has 1 aliphatic rings. The number of anilines is 1. The molecule has 0 radical (unpaired) electrons. The van der Waals surface area contributed by atoms with E-state index < -0.39 is 12.0 Å². The van der Waals surface area contributed by atoms with Gasteiger partial charge in [-0.25, -0.2) is 9.78 Å². The van der Waals surface area contributed by atoms with Crippen LogP contribution in [0.4, 0.5) is 5.13 Å². The molecule has 0 aliphatic carbocycles. The van der Waals surface area contributed by atoms with Crippen molar-refractivity contribution in [1.29, 1.82) is 0 Å². The Bertz CT molecular complexity index is 688. The van der Waals surface area contributed by atoms with E-state index in [1.165, 1.54) is 11.3 Å². The Hall–Kier alpha value is -1.53. The van der Waals surface area contributed by atoms with Crippen LogP contribution in [-0.2, 0) is 4.79 Å². The lowest BCUT2D eigenvalue weighted by Crippen LogP contribution is -2.44. The summed E-state index contributed by atoms with van der Waals surface area (Å²) in [6, 6.07) is 3.04. The van der Waals surface area contributed by atoms with Gasteiger partial charge in [0.15, 0.2) is 5.13 Å². The first-order valence-electron chi connectivity index (χ1n) is 6.74. The van der Waals surface area contributed by atoms with Gasteiger partial charge in [-0.2, -0.15) is 0 Å². The van der Waals surface area contributed by atoms with Crippen molar-refractivity contribution in [3.63, 3.8) is 0 Å². The molecule has 1 saturated heterocycles. The van der Waals surface area contributed by atoms with Crippen molar-refractivity contribution in [2.75, 3.05) is 18.6 Å². The highest BCUT2D eigenvalue weighted by Crippen LogP contribution is 2.40. The summed E-state index contributed by atoms with van der Waals surface area (Å²) < 4.78 is 6.14. The van der Waals surface area contributed by atoms with Gasteiger partial charge in [0.1, 0.15) is 17.3 Å². The Morgan fingerprint density at radius 2 is 2.33 bits per heavy atom. The van der Waals surface area contributed by atoms with E-state index in [1.54, 1.807) is 19.2 Å². The second-order valence-electron chi connectivity index (χ2n) is 4.97. The van der Waals surface area contributed by atoms with Crippen LogP contribution in [0.3, 0.4) is 0 Å². The number of nitrogens with zero attached hydrogens (tertiary/aromatic N) is 2. The summed E-state index contributed by atoms with van der Waals surface area (Å²) in [4.78, 5) is 17.9. The van der Waals surface area contributed by atoms with Crippen LogP contribution in [0.15, 0.2) is 12.1 Å². The number of hydrogen-bond acceptors (Lipinski definition) is 5. The first-order chi connectivity index (χ1) is 10.1. The van der Waals surface area contributed by atoms with Gasteiger partial charge in [0.25, 0.3) is 0 Å². The minimum absolute atomic E-state index is 0.510. The lowest BCUT2D eigenvalue weighted by molar-refractivity contribution is -0.139. The van der Waals surface area contributed by atoms with E-state index in [9.17, 15) is 9.90 Å². The van der Waals surface area contributed by atoms with Crippen molar-refractivity contribution in [3.8, 4) is 5.75 Å². The lowest BCUT2D eigenvalue weighted by Gasteiger charge is -2.32. The largest absolute Gasteiger partial charge is 0.494 e. The molecule has 0 amide bonds. The molecule has 1 N–H and O–H groups in total. The molecule has 2 heterocycles. The zero-order chi connectivity index (χ0) is 15.0. The van der Waals surface area contributed by atoms with E-state index in [-0.39, 0.29) is 0 Å². The number of benzene rings is 1. The quantitative estimate of drug-likeness (QED) is 0.936. The second kappa shape index (κ2) is 5.69. The van der Waals surface area contributed by atoms with Gasteiger partial charge in [-0.1, -0.05) is 22.9 Å². The van der Waals surface area contributed by atoms with E-state index in [0.29, 0.717) is 34.4 Å². The van der Waals surface area contributed by atoms with Crippen LogP contribution in [0.1, 0.15) is 19.3 Å². The summed E-state index contributed by atoms with van der Waals surface area (Å²) in [5.74, 6) is -0.146. The molecule has 1 aliphatic heterocycles. The van der Waals surface area contributed by atoms with Crippen molar-refractivity contribution in [1.82, 2.24) is 4.98 Å². The molecule has 2 aromatic rings. The SMILES string of the molecule is COc1ccc(Cl)c2sc(N3CCCCC3C(=O)O)nc12. The first-order valence-corrected chi connectivity index (χ1v) is 7.93. The van der Waals surface area contributed by atoms with Gasteiger partial charge < -0.3 is 14.7 Å². The average molecular weight is 327 g/mol. The summed E-state index contributed by atoms with van der Waals surface area (Å²) in [6.45, 7) is 0.705. The molecule has 1 fully saturated rings. The minimum Gasteiger partial charge on any atom is -0.494 e. The zero-order valence-corrected chi connectivity index (χ0v) is 13.1. The van der Waals surface area contributed by atoms with Crippen molar-refractivity contribution in [3.05, 3.63) is 17.2 Å². The molecule has 7 heteroatoms. The number of piperidine rings is 1. The highest BCUT2D eigenvalue weighted by molar-refractivity contribution is 7.22. The number of methoxy groups -OCH3 is 1. The molecule has 1 atom stereocenters. The third kappa shape index (κ3) is 2.53. The number of aliphatic carboxylic acids is 1. The highest BCUT2D eigenvalue weighted by atomic mass is 35.5. The van der Waals surface area contributed by atoms with Crippen LogP contribution < -0.4 is 9.64 Å². The molecule has 0 spiro atoms. The smallest absolute Gasteiger partial charge is 0.326 e. The molecular weight excluding hydrogens is 312 g/mol. The van der Waals surface area contributed by atoms with Crippen LogP contribution in [0.5, 0.6) is 5.75 Å². The molecule has 5 nitrogen and oxygen atoms in total. The molecule has 1 aromatic heterocycles. The summed E-state index contributed by atoms with van der Waals surface area (Å²) >= 11 is 7.64. The van der Waals surface area contributed by atoms with Crippen LogP contribution in [0, 0.1) is 0 Å². The van der Waals surface area contributed by atoms with Gasteiger partial charge in [-0.3, -0.25) is 0 Å². The van der Waals surface area contributed by atoms with Crippen molar-refractivity contribution in [2.24, 2.45) is 0 Å². The van der Waals surface area contributed by atoms with Gasteiger partial charge in [-0.05, 0) is 31.4 Å². The van der Waals surface area contributed by atoms with Gasteiger partial charge >= 0.3 is 5.97 Å². The van der Waals surface area contributed by atoms with Crippen molar-refractivity contribution in [2.45, 2.75) is 25.3 Å². The number of rotatable bonds is 3. The van der Waals surface area contributed by atoms with E-state index in [0.717, 1.165) is 17.5 Å². The van der Waals surface area contributed by atoms with Crippen LogP contribution in [-0.4, -0.2) is 35.8 Å². The van der Waals surface area contributed by atoms with Gasteiger partial charge in [0.2, 0.25) is 0 Å². The minimum atomic E-state index is -0.799. The summed E-state index contributed by atoms with van der Waals surface area (Å²) in [6.07, 6.45) is 2.56. The summed E-state index contributed by atoms with van der Waals surface area (Å²) in [7, 11) is 1.59. The maximum atomic E-state index is 11.4. The zero-order valence-electron chi connectivity index (χ0n) is 11.5. The monoisotopic (exact) mass is 326 g/mol. The Morgan fingerprint density at radius 3 is 3.05 bits per heavy atom. The summed E-state index contributed by atoms with van der Waals surface area (Å²) in [5, 5.41) is 10.7. The van der Waals surface area contributed by atoms with Gasteiger partial charge in [0.05, 0.1) is 16.8 Å². The number of thiazole rings is 1. The number of carboxylic acids is 1. The number of aromatic nitrogens is 1. The normalized spacial score (nSPS) is 19.0. The standard InChI is InChI=1S/C14H15ClN2O3S/c1-20-10-6-5-8(15)12-11(10)16-14(21-12)17-7-3-2-4-9(17)13(18)19/h5-6,9H,2-4,7H2,1H3,(H,18,19). The van der Waals surface area contributed by atoms with Crippen LogP contribution in [0.25, 0.3) is 10.2 Å². The number of carboxylic acid groups (broad SMARTS) is 1. The van der Waals surface area contributed by atoms with Gasteiger partial charge in [0, 0.05) is 6.54 Å². The van der Waals surface area contributed by atoms with E-state index in [2.05, 4.69) is 4.98 Å². The fraction of sp³-hybridized carbons (Fsp3) is 0.429. The molecule has 0 saturated carbocycles. The Labute approximate surface area is 131 Å². The van der Waals surface area contributed by atoms with E-state index in [4.69, 9.17) is 16.3 Å². The van der Waals surface area contributed by atoms with Crippen LogP contribution >= 0.6 is 22.9 Å². The number of hydrogen-bond donors (Lipinski definition) is 1. The number of halogens is 1. The Morgan fingerprint density at radius 1 is 1.52 bits per heavy atom. The molecule has 0 bridgehead atoms. The first kappa shape index (κ1) is 14.4. The molecule has 112 valence electrons. The van der Waals surface area contributed by atoms with Crippen molar-refractivity contribution < 1.29 is 14.6 Å². The maximum absolute atomic E-state index is 11.4. The molecule has 1 aromatic carbocycles. The maximum Gasteiger partial charge on any atom is 0.326 e. The third-order valence-corrected chi connectivity index (χ3v) is 5.25. The number of carbonyl (C=O) groups is 1. The summed E-state index contributed by atoms with van der Waals surface area (Å²) in [5.41, 5.74) is 0.694. The van der Waals surface area contributed by atoms with E-state index in [1.807, 2.05) is 4.90 Å². The molecular formula is C14H15ClN2O3S. The molecule has 1 unspecified atom stereocenters. The Balaban J connectivity index is 2.07. The number of ether oxygens (including phenoxy) is 1. The number of fused-ring (bicyclic) bond motifs is 1. The molecule has 21 heavy (non-hydrogen) atoms. The Kier molecular flexibility index (Phi) is 3.91. The second-order valence-corrected chi connectivity index (χ2v) is 6.35.